The lowest BCUT2D eigenvalue weighted by atomic mass is 9.80. The summed E-state index contributed by atoms with van der Waals surface area (Å²) in [6.45, 7) is 6.77. The molecule has 0 spiro atoms. The molecule has 96 valence electrons. The molecule has 0 aromatic rings. The van der Waals surface area contributed by atoms with Gasteiger partial charge in [0, 0.05) is 6.04 Å². The quantitative estimate of drug-likeness (QED) is 0.557. The van der Waals surface area contributed by atoms with Crippen molar-refractivity contribution in [2.75, 3.05) is 19.7 Å². The highest BCUT2D eigenvalue weighted by Crippen LogP contribution is 2.31. The van der Waals surface area contributed by atoms with Crippen molar-refractivity contribution < 1.29 is 9.53 Å². The zero-order valence-corrected chi connectivity index (χ0v) is 10.9. The van der Waals surface area contributed by atoms with Crippen molar-refractivity contribution in [3.8, 4) is 0 Å². The number of nitrogens with zero attached hydrogens (tertiary/aromatic N) is 1. The van der Waals surface area contributed by atoms with E-state index in [0.717, 1.165) is 19.5 Å². The molecule has 1 fully saturated rings. The maximum Gasteiger partial charge on any atom is 0.311 e. The lowest BCUT2D eigenvalue weighted by Gasteiger charge is -2.36. The minimum atomic E-state index is -0.0127. The van der Waals surface area contributed by atoms with Gasteiger partial charge in [0.1, 0.15) is 0 Å². The Balaban J connectivity index is 2.11. The predicted molar refractivity (Wildman–Crippen MR) is 67.6 cm³/mol. The zero-order chi connectivity index (χ0) is 12.3. The highest BCUT2D eigenvalue weighted by Gasteiger charge is 2.38. The minimum Gasteiger partial charge on any atom is -0.466 e. The van der Waals surface area contributed by atoms with Gasteiger partial charge >= 0.3 is 5.97 Å². The summed E-state index contributed by atoms with van der Waals surface area (Å²) in [5.74, 6) is 0.406. The highest BCUT2D eigenvalue weighted by atomic mass is 16.5. The van der Waals surface area contributed by atoms with E-state index in [1.807, 2.05) is 6.92 Å². The second kappa shape index (κ2) is 5.67. The number of esters is 1. The summed E-state index contributed by atoms with van der Waals surface area (Å²) in [5, 5.41) is 0. The van der Waals surface area contributed by atoms with Gasteiger partial charge < -0.3 is 4.74 Å². The number of allylic oxidation sites excluding steroid dienone is 1. The predicted octanol–water partition coefficient (Wildman–Crippen LogP) is 2.23. The summed E-state index contributed by atoms with van der Waals surface area (Å²) in [4.78, 5) is 14.5. The van der Waals surface area contributed by atoms with Gasteiger partial charge in [-0.25, -0.2) is 0 Å². The van der Waals surface area contributed by atoms with E-state index in [1.165, 1.54) is 12.8 Å². The monoisotopic (exact) mass is 237 g/mol. The van der Waals surface area contributed by atoms with Crippen LogP contribution in [0.3, 0.4) is 0 Å². The number of hydrogen-bond donors (Lipinski definition) is 0. The molecule has 2 aliphatic rings. The Hall–Kier alpha value is -0.830. The Morgan fingerprint density at radius 2 is 2.12 bits per heavy atom. The van der Waals surface area contributed by atoms with E-state index in [1.54, 1.807) is 0 Å². The molecule has 0 aromatic carbocycles. The van der Waals surface area contributed by atoms with Crippen LogP contribution in [0, 0.1) is 11.8 Å². The number of likely N-dealkylation sites (tertiary alicyclic amines) is 1. The fourth-order valence-corrected chi connectivity index (χ4v) is 3.03. The molecule has 3 heteroatoms. The zero-order valence-electron chi connectivity index (χ0n) is 10.9. The molecule has 0 aromatic heterocycles. The third kappa shape index (κ3) is 2.71. The number of rotatable bonds is 3. The van der Waals surface area contributed by atoms with E-state index < -0.39 is 0 Å². The third-order valence-electron chi connectivity index (χ3n) is 3.94. The van der Waals surface area contributed by atoms with Gasteiger partial charge in [0.25, 0.3) is 0 Å². The van der Waals surface area contributed by atoms with Crippen LogP contribution in [0.5, 0.6) is 0 Å². The molecule has 0 amide bonds. The Bertz CT molecular complexity index is 295. The van der Waals surface area contributed by atoms with Gasteiger partial charge in [-0.3, -0.25) is 9.69 Å². The van der Waals surface area contributed by atoms with Crippen LogP contribution in [0.25, 0.3) is 0 Å². The molecule has 1 aliphatic heterocycles. The maximum absolute atomic E-state index is 12.1. The molecule has 0 saturated carbocycles. The van der Waals surface area contributed by atoms with Gasteiger partial charge in [0.15, 0.2) is 0 Å². The second-order valence-electron chi connectivity index (χ2n) is 5.15. The summed E-state index contributed by atoms with van der Waals surface area (Å²) in [5.41, 5.74) is 0. The van der Waals surface area contributed by atoms with Crippen molar-refractivity contribution in [2.45, 2.75) is 39.2 Å². The first-order chi connectivity index (χ1) is 8.24. The Kier molecular flexibility index (Phi) is 4.21. The summed E-state index contributed by atoms with van der Waals surface area (Å²) in [7, 11) is 0. The first-order valence-electron chi connectivity index (χ1n) is 6.81. The van der Waals surface area contributed by atoms with Gasteiger partial charge in [-0.1, -0.05) is 19.1 Å². The average Bonchev–Trinajstić information content (AvgIpc) is 2.82. The van der Waals surface area contributed by atoms with E-state index >= 15 is 0 Å². The summed E-state index contributed by atoms with van der Waals surface area (Å²) in [6, 6.07) is 0.264. The first-order valence-corrected chi connectivity index (χ1v) is 6.81. The van der Waals surface area contributed by atoms with E-state index in [2.05, 4.69) is 24.0 Å². The lowest BCUT2D eigenvalue weighted by Crippen LogP contribution is -2.45. The van der Waals surface area contributed by atoms with Crippen LogP contribution in [0.4, 0.5) is 0 Å². The smallest absolute Gasteiger partial charge is 0.311 e. The fourth-order valence-electron chi connectivity index (χ4n) is 3.03. The van der Waals surface area contributed by atoms with Crippen LogP contribution in [-0.2, 0) is 9.53 Å². The van der Waals surface area contributed by atoms with E-state index in [0.29, 0.717) is 12.5 Å². The molecule has 1 saturated heterocycles. The Morgan fingerprint density at radius 3 is 2.76 bits per heavy atom. The molecular formula is C14H23NO2. The molecule has 3 nitrogen and oxygen atoms in total. The first kappa shape index (κ1) is 12.6. The number of hydrogen-bond acceptors (Lipinski definition) is 3. The van der Waals surface area contributed by atoms with E-state index in [-0.39, 0.29) is 17.9 Å². The van der Waals surface area contributed by atoms with Gasteiger partial charge in [-0.05, 0) is 45.2 Å². The van der Waals surface area contributed by atoms with Crippen molar-refractivity contribution in [3.63, 3.8) is 0 Å². The Morgan fingerprint density at radius 1 is 1.41 bits per heavy atom. The highest BCUT2D eigenvalue weighted by molar-refractivity contribution is 5.74. The molecular weight excluding hydrogens is 214 g/mol. The van der Waals surface area contributed by atoms with E-state index in [9.17, 15) is 4.79 Å². The number of carbonyl (C=O) groups is 1. The SMILES string of the molecule is CCOC(=O)[C@H]1C(N2CCCC2)C=CC[C@@H]1C. The van der Waals surface area contributed by atoms with Crippen molar-refractivity contribution in [3.05, 3.63) is 12.2 Å². The van der Waals surface area contributed by atoms with Crippen LogP contribution >= 0.6 is 0 Å². The fraction of sp³-hybridized carbons (Fsp3) is 0.786. The van der Waals surface area contributed by atoms with Crippen molar-refractivity contribution in [2.24, 2.45) is 11.8 Å². The number of ether oxygens (including phenoxy) is 1. The van der Waals surface area contributed by atoms with Crippen LogP contribution in [-0.4, -0.2) is 36.6 Å². The van der Waals surface area contributed by atoms with Crippen molar-refractivity contribution in [1.82, 2.24) is 4.90 Å². The standard InChI is InChI=1S/C14H23NO2/c1-3-17-14(16)13-11(2)7-6-8-12(13)15-9-4-5-10-15/h6,8,11-13H,3-5,7,9-10H2,1-2H3/t11-,12?,13+/m0/s1. The summed E-state index contributed by atoms with van der Waals surface area (Å²) in [6.07, 6.45) is 7.95. The molecule has 0 N–H and O–H groups in total. The minimum absolute atomic E-state index is 0.0127. The summed E-state index contributed by atoms with van der Waals surface area (Å²) >= 11 is 0. The molecule has 1 unspecified atom stereocenters. The molecule has 17 heavy (non-hydrogen) atoms. The van der Waals surface area contributed by atoms with Gasteiger partial charge in [0.05, 0.1) is 12.5 Å². The van der Waals surface area contributed by atoms with Gasteiger partial charge in [0.2, 0.25) is 0 Å². The van der Waals surface area contributed by atoms with Crippen LogP contribution in [0.2, 0.25) is 0 Å². The maximum atomic E-state index is 12.1. The molecule has 0 radical (unpaired) electrons. The normalized spacial score (nSPS) is 33.9. The summed E-state index contributed by atoms with van der Waals surface area (Å²) < 4.78 is 5.24. The van der Waals surface area contributed by atoms with E-state index in [4.69, 9.17) is 4.74 Å². The van der Waals surface area contributed by atoms with Gasteiger partial charge in [-0.2, -0.15) is 0 Å². The van der Waals surface area contributed by atoms with Crippen LogP contribution < -0.4 is 0 Å². The molecule has 1 aliphatic carbocycles. The average molecular weight is 237 g/mol. The van der Waals surface area contributed by atoms with Crippen LogP contribution in [0.15, 0.2) is 12.2 Å². The Labute approximate surface area is 104 Å². The second-order valence-corrected chi connectivity index (χ2v) is 5.15. The lowest BCUT2D eigenvalue weighted by molar-refractivity contribution is -0.152. The van der Waals surface area contributed by atoms with Gasteiger partial charge in [-0.15, -0.1) is 0 Å². The topological polar surface area (TPSA) is 29.5 Å². The molecule has 0 bridgehead atoms. The van der Waals surface area contributed by atoms with Crippen molar-refractivity contribution >= 4 is 5.97 Å². The molecule has 1 heterocycles. The van der Waals surface area contributed by atoms with Crippen LogP contribution in [0.1, 0.15) is 33.1 Å². The molecule has 2 rings (SSSR count). The third-order valence-corrected chi connectivity index (χ3v) is 3.94. The number of carbonyl (C=O) groups excluding carboxylic acids is 1. The largest absolute Gasteiger partial charge is 0.466 e. The van der Waals surface area contributed by atoms with Crippen molar-refractivity contribution in [1.29, 1.82) is 0 Å². The molecule has 3 atom stereocenters.